The van der Waals surface area contributed by atoms with Crippen LogP contribution in [0.15, 0.2) is 49.1 Å². The van der Waals surface area contributed by atoms with Crippen molar-refractivity contribution in [1.29, 1.82) is 0 Å². The van der Waals surface area contributed by atoms with Crippen molar-refractivity contribution in [3.63, 3.8) is 0 Å². The van der Waals surface area contributed by atoms with E-state index in [9.17, 15) is 8.78 Å². The first-order valence-electron chi connectivity index (χ1n) is 5.85. The number of aromatic nitrogens is 3. The lowest BCUT2D eigenvalue weighted by Crippen LogP contribution is -2.00. The molecule has 6 heteroatoms. The van der Waals surface area contributed by atoms with Gasteiger partial charge in [-0.2, -0.15) is 0 Å². The zero-order valence-electron chi connectivity index (χ0n) is 10.3. The number of rotatable bonds is 2. The first kappa shape index (κ1) is 12.3. The van der Waals surface area contributed by atoms with Crippen molar-refractivity contribution >= 4 is 5.82 Å². The van der Waals surface area contributed by atoms with E-state index < -0.39 is 11.6 Å². The maximum Gasteiger partial charge on any atom is 0.147 e. The Bertz CT molecular complexity index is 767. The number of hydrogen-bond acceptors (Lipinski definition) is 3. The van der Waals surface area contributed by atoms with Gasteiger partial charge in [-0.1, -0.05) is 0 Å². The predicted octanol–water partition coefficient (Wildman–Crippen LogP) is 2.79. The summed E-state index contributed by atoms with van der Waals surface area (Å²) >= 11 is 0. The Kier molecular flexibility index (Phi) is 2.90. The SMILES string of the molecule is Nc1cc(-c2cncn2-c2cc(F)ccc2F)ccn1. The number of nitrogens with zero attached hydrogens (tertiary/aromatic N) is 3. The summed E-state index contributed by atoms with van der Waals surface area (Å²) in [6.45, 7) is 0. The molecule has 0 radical (unpaired) electrons. The molecule has 3 aromatic rings. The van der Waals surface area contributed by atoms with E-state index in [2.05, 4.69) is 9.97 Å². The molecule has 0 aliphatic rings. The Morgan fingerprint density at radius 1 is 1.10 bits per heavy atom. The fraction of sp³-hybridized carbons (Fsp3) is 0. The zero-order valence-corrected chi connectivity index (χ0v) is 10.3. The van der Waals surface area contributed by atoms with Crippen molar-refractivity contribution in [1.82, 2.24) is 14.5 Å². The van der Waals surface area contributed by atoms with Gasteiger partial charge in [0.1, 0.15) is 17.5 Å². The monoisotopic (exact) mass is 272 g/mol. The van der Waals surface area contributed by atoms with Crippen LogP contribution in [0.4, 0.5) is 14.6 Å². The number of imidazole rings is 1. The smallest absolute Gasteiger partial charge is 0.147 e. The van der Waals surface area contributed by atoms with Crippen LogP contribution in [-0.2, 0) is 0 Å². The largest absolute Gasteiger partial charge is 0.384 e. The average molecular weight is 272 g/mol. The second kappa shape index (κ2) is 4.73. The highest BCUT2D eigenvalue weighted by Gasteiger charge is 2.12. The summed E-state index contributed by atoms with van der Waals surface area (Å²) < 4.78 is 28.6. The van der Waals surface area contributed by atoms with E-state index in [0.29, 0.717) is 11.5 Å². The molecule has 20 heavy (non-hydrogen) atoms. The molecule has 1 aromatic carbocycles. The zero-order chi connectivity index (χ0) is 14.1. The number of nitrogen functional groups attached to an aromatic ring is 1. The number of benzene rings is 1. The molecule has 0 atom stereocenters. The van der Waals surface area contributed by atoms with Crippen LogP contribution in [0.3, 0.4) is 0 Å². The van der Waals surface area contributed by atoms with Crippen LogP contribution in [0.1, 0.15) is 0 Å². The standard InChI is InChI=1S/C14H10F2N4/c15-10-1-2-11(16)12(6-10)20-8-18-7-13(20)9-3-4-19-14(17)5-9/h1-8H,(H2,17,19). The molecule has 0 aliphatic carbocycles. The molecule has 100 valence electrons. The minimum absolute atomic E-state index is 0.0906. The number of hydrogen-bond donors (Lipinski definition) is 1. The molecule has 0 aliphatic heterocycles. The molecular weight excluding hydrogens is 262 g/mol. The third kappa shape index (κ3) is 2.11. The summed E-state index contributed by atoms with van der Waals surface area (Å²) in [5, 5.41) is 0. The Balaban J connectivity index is 2.18. The third-order valence-corrected chi connectivity index (χ3v) is 2.88. The Hall–Kier alpha value is -2.76. The fourth-order valence-electron chi connectivity index (χ4n) is 1.98. The molecule has 0 unspecified atom stereocenters. The molecule has 2 aromatic heterocycles. The molecule has 0 amide bonds. The fourth-order valence-corrected chi connectivity index (χ4v) is 1.98. The van der Waals surface area contributed by atoms with Crippen LogP contribution in [0.2, 0.25) is 0 Å². The molecular formula is C14H10F2N4. The summed E-state index contributed by atoms with van der Waals surface area (Å²) in [5.74, 6) is -0.710. The molecule has 0 fully saturated rings. The van der Waals surface area contributed by atoms with Crippen molar-refractivity contribution in [3.05, 3.63) is 60.7 Å². The molecule has 2 heterocycles. The molecule has 0 spiro atoms. The van der Waals surface area contributed by atoms with Gasteiger partial charge in [-0.3, -0.25) is 4.57 Å². The lowest BCUT2D eigenvalue weighted by atomic mass is 10.2. The van der Waals surface area contributed by atoms with E-state index >= 15 is 0 Å². The highest BCUT2D eigenvalue weighted by Crippen LogP contribution is 2.25. The summed E-state index contributed by atoms with van der Waals surface area (Å²) in [4.78, 5) is 7.89. The summed E-state index contributed by atoms with van der Waals surface area (Å²) in [6, 6.07) is 6.63. The van der Waals surface area contributed by atoms with Crippen LogP contribution >= 0.6 is 0 Å². The average Bonchev–Trinajstić information content (AvgIpc) is 2.90. The molecule has 0 saturated carbocycles. The van der Waals surface area contributed by atoms with Crippen molar-refractivity contribution < 1.29 is 8.78 Å². The molecule has 0 saturated heterocycles. The van der Waals surface area contributed by atoms with Crippen molar-refractivity contribution in [2.75, 3.05) is 5.73 Å². The summed E-state index contributed by atoms with van der Waals surface area (Å²) in [7, 11) is 0. The van der Waals surface area contributed by atoms with E-state index in [1.165, 1.54) is 10.9 Å². The summed E-state index contributed by atoms with van der Waals surface area (Å²) in [6.07, 6.45) is 4.52. The van der Waals surface area contributed by atoms with E-state index in [1.807, 2.05) is 0 Å². The van der Waals surface area contributed by atoms with Gasteiger partial charge in [-0.25, -0.2) is 18.7 Å². The minimum atomic E-state index is -0.535. The van der Waals surface area contributed by atoms with Gasteiger partial charge in [0.2, 0.25) is 0 Å². The second-order valence-electron chi connectivity index (χ2n) is 4.21. The first-order chi connectivity index (χ1) is 9.65. The number of halogens is 2. The van der Waals surface area contributed by atoms with Gasteiger partial charge in [0, 0.05) is 17.8 Å². The second-order valence-corrected chi connectivity index (χ2v) is 4.21. The predicted molar refractivity (Wildman–Crippen MR) is 71.1 cm³/mol. The number of nitrogens with two attached hydrogens (primary N) is 1. The van der Waals surface area contributed by atoms with E-state index in [4.69, 9.17) is 5.73 Å². The van der Waals surface area contributed by atoms with Crippen LogP contribution in [0.5, 0.6) is 0 Å². The Labute approximate surface area is 113 Å². The summed E-state index contributed by atoms with van der Waals surface area (Å²) in [5.41, 5.74) is 7.04. The van der Waals surface area contributed by atoms with Crippen molar-refractivity contribution in [3.8, 4) is 16.9 Å². The van der Waals surface area contributed by atoms with E-state index in [0.717, 1.165) is 23.8 Å². The van der Waals surface area contributed by atoms with Gasteiger partial charge < -0.3 is 5.73 Å². The van der Waals surface area contributed by atoms with Gasteiger partial charge in [0.25, 0.3) is 0 Å². The Morgan fingerprint density at radius 2 is 1.95 bits per heavy atom. The Morgan fingerprint density at radius 3 is 2.75 bits per heavy atom. The van der Waals surface area contributed by atoms with Crippen molar-refractivity contribution in [2.24, 2.45) is 0 Å². The van der Waals surface area contributed by atoms with Crippen LogP contribution in [0, 0.1) is 11.6 Å². The van der Waals surface area contributed by atoms with Gasteiger partial charge in [-0.05, 0) is 24.3 Å². The van der Waals surface area contributed by atoms with Crippen LogP contribution in [0.25, 0.3) is 16.9 Å². The van der Waals surface area contributed by atoms with E-state index in [-0.39, 0.29) is 5.69 Å². The molecule has 2 N–H and O–H groups in total. The van der Waals surface area contributed by atoms with Crippen LogP contribution in [-0.4, -0.2) is 14.5 Å². The number of pyridine rings is 1. The first-order valence-corrected chi connectivity index (χ1v) is 5.85. The topological polar surface area (TPSA) is 56.7 Å². The van der Waals surface area contributed by atoms with Gasteiger partial charge >= 0.3 is 0 Å². The maximum absolute atomic E-state index is 13.9. The third-order valence-electron chi connectivity index (χ3n) is 2.88. The molecule has 4 nitrogen and oxygen atoms in total. The highest BCUT2D eigenvalue weighted by atomic mass is 19.1. The lowest BCUT2D eigenvalue weighted by molar-refractivity contribution is 0.593. The van der Waals surface area contributed by atoms with Gasteiger partial charge in [0.05, 0.1) is 23.9 Å². The quantitative estimate of drug-likeness (QED) is 0.780. The van der Waals surface area contributed by atoms with Gasteiger partial charge in [0.15, 0.2) is 0 Å². The van der Waals surface area contributed by atoms with Crippen molar-refractivity contribution in [2.45, 2.75) is 0 Å². The highest BCUT2D eigenvalue weighted by molar-refractivity contribution is 5.64. The van der Waals surface area contributed by atoms with Crippen LogP contribution < -0.4 is 5.73 Å². The van der Waals surface area contributed by atoms with E-state index in [1.54, 1.807) is 24.5 Å². The maximum atomic E-state index is 13.9. The molecule has 0 bridgehead atoms. The minimum Gasteiger partial charge on any atom is -0.384 e. The van der Waals surface area contributed by atoms with Gasteiger partial charge in [-0.15, -0.1) is 0 Å². The number of anilines is 1. The molecule has 3 rings (SSSR count). The lowest BCUT2D eigenvalue weighted by Gasteiger charge is -2.09. The normalized spacial score (nSPS) is 10.7.